The molecule has 0 aliphatic rings. The first-order valence-corrected chi connectivity index (χ1v) is 9.92. The Bertz CT molecular complexity index is 1120. The molecule has 0 unspecified atom stereocenters. The minimum atomic E-state index is -3.34. The summed E-state index contributed by atoms with van der Waals surface area (Å²) in [7, 11) is -1.98. The molecule has 0 saturated heterocycles. The molecule has 28 heavy (non-hydrogen) atoms. The molecule has 0 aliphatic heterocycles. The van der Waals surface area contributed by atoms with Gasteiger partial charge in [-0.05, 0) is 42.0 Å². The van der Waals surface area contributed by atoms with Gasteiger partial charge >= 0.3 is 6.61 Å². The number of alkyl halides is 2. The monoisotopic (exact) mass is 409 g/mol. The lowest BCUT2D eigenvalue weighted by atomic mass is 10.2. The topological polar surface area (TPSA) is 78.6 Å². The summed E-state index contributed by atoms with van der Waals surface area (Å²) in [5, 5.41) is 0. The number of aromatic nitrogens is 1. The van der Waals surface area contributed by atoms with Crippen LogP contribution in [0.2, 0.25) is 0 Å². The fourth-order valence-corrected chi connectivity index (χ4v) is 3.41. The number of oxazole rings is 1. The van der Waals surface area contributed by atoms with Gasteiger partial charge in [0.2, 0.25) is 5.89 Å². The quantitative estimate of drug-likeness (QED) is 0.575. The molecule has 3 rings (SSSR count). The minimum Gasteiger partial charge on any atom is -0.493 e. The Balaban J connectivity index is 1.87. The lowest BCUT2D eigenvalue weighted by molar-refractivity contribution is -0.0512. The van der Waals surface area contributed by atoms with Gasteiger partial charge in [0.25, 0.3) is 0 Å². The molecule has 3 aromatic rings. The van der Waals surface area contributed by atoms with Crippen LogP contribution < -0.4 is 9.47 Å². The van der Waals surface area contributed by atoms with Gasteiger partial charge in [0.1, 0.15) is 5.52 Å². The molecule has 1 aromatic heterocycles. The third kappa shape index (κ3) is 4.30. The maximum absolute atomic E-state index is 12.4. The highest BCUT2D eigenvalue weighted by molar-refractivity contribution is 7.91. The number of rotatable bonds is 7. The largest absolute Gasteiger partial charge is 0.493 e. The number of halogens is 2. The molecule has 0 atom stereocenters. The molecule has 148 valence electrons. The predicted molar refractivity (Wildman–Crippen MR) is 100 cm³/mol. The van der Waals surface area contributed by atoms with Gasteiger partial charge in [-0.3, -0.25) is 0 Å². The second-order valence-corrected chi connectivity index (χ2v) is 7.99. The zero-order valence-corrected chi connectivity index (χ0v) is 15.9. The van der Waals surface area contributed by atoms with Gasteiger partial charge < -0.3 is 13.9 Å². The van der Waals surface area contributed by atoms with E-state index in [9.17, 15) is 17.2 Å². The van der Waals surface area contributed by atoms with Crippen LogP contribution in [0.1, 0.15) is 18.4 Å². The SMILES string of the molecule is CCS(=O)(=O)c1ccc2oc(/C=C/c3ccc(OC(F)F)c(OC)c3)nc2c1. The van der Waals surface area contributed by atoms with E-state index in [0.717, 1.165) is 0 Å². The number of benzene rings is 2. The van der Waals surface area contributed by atoms with Gasteiger partial charge in [0.15, 0.2) is 26.9 Å². The molecule has 0 amide bonds. The van der Waals surface area contributed by atoms with Crippen molar-refractivity contribution in [2.45, 2.75) is 18.4 Å². The van der Waals surface area contributed by atoms with Crippen LogP contribution in [-0.2, 0) is 9.84 Å². The van der Waals surface area contributed by atoms with Gasteiger partial charge in [0.05, 0.1) is 17.8 Å². The van der Waals surface area contributed by atoms with Gasteiger partial charge in [0, 0.05) is 6.08 Å². The third-order valence-electron chi connectivity index (χ3n) is 3.94. The van der Waals surface area contributed by atoms with E-state index in [0.29, 0.717) is 16.7 Å². The number of fused-ring (bicyclic) bond motifs is 1. The highest BCUT2D eigenvalue weighted by Crippen LogP contribution is 2.30. The van der Waals surface area contributed by atoms with Crippen molar-refractivity contribution < 1.29 is 31.1 Å². The number of nitrogens with zero attached hydrogens (tertiary/aromatic N) is 1. The van der Waals surface area contributed by atoms with Crippen LogP contribution in [0.5, 0.6) is 11.5 Å². The van der Waals surface area contributed by atoms with Crippen LogP contribution >= 0.6 is 0 Å². The normalized spacial score (nSPS) is 12.2. The van der Waals surface area contributed by atoms with Gasteiger partial charge in [-0.1, -0.05) is 13.0 Å². The fraction of sp³-hybridized carbons (Fsp3) is 0.211. The van der Waals surface area contributed by atoms with E-state index >= 15 is 0 Å². The Hall–Kier alpha value is -2.94. The lowest BCUT2D eigenvalue weighted by Gasteiger charge is -2.10. The summed E-state index contributed by atoms with van der Waals surface area (Å²) >= 11 is 0. The second kappa shape index (κ2) is 7.97. The van der Waals surface area contributed by atoms with Crippen molar-refractivity contribution in [2.75, 3.05) is 12.9 Å². The van der Waals surface area contributed by atoms with E-state index in [2.05, 4.69) is 9.72 Å². The Kier molecular flexibility index (Phi) is 5.64. The first-order chi connectivity index (χ1) is 13.3. The smallest absolute Gasteiger partial charge is 0.387 e. The summed E-state index contributed by atoms with van der Waals surface area (Å²) in [4.78, 5) is 4.45. The van der Waals surface area contributed by atoms with Crippen molar-refractivity contribution in [2.24, 2.45) is 0 Å². The molecule has 9 heteroatoms. The molecule has 6 nitrogen and oxygen atoms in total. The highest BCUT2D eigenvalue weighted by atomic mass is 32.2. The first-order valence-electron chi connectivity index (χ1n) is 8.26. The zero-order chi connectivity index (χ0) is 20.3. The Morgan fingerprint density at radius 1 is 1.14 bits per heavy atom. The summed E-state index contributed by atoms with van der Waals surface area (Å²) in [5.41, 5.74) is 1.52. The molecule has 0 N–H and O–H groups in total. The van der Waals surface area contributed by atoms with Crippen LogP contribution in [0.4, 0.5) is 8.78 Å². The Morgan fingerprint density at radius 2 is 1.93 bits per heavy atom. The van der Waals surface area contributed by atoms with E-state index < -0.39 is 16.4 Å². The fourth-order valence-electron chi connectivity index (χ4n) is 2.51. The number of hydrogen-bond donors (Lipinski definition) is 0. The van der Waals surface area contributed by atoms with Crippen LogP contribution in [0.15, 0.2) is 45.7 Å². The summed E-state index contributed by atoms with van der Waals surface area (Å²) in [6, 6.07) is 8.98. The third-order valence-corrected chi connectivity index (χ3v) is 5.67. The van der Waals surface area contributed by atoms with E-state index in [1.54, 1.807) is 31.2 Å². The number of hydrogen-bond acceptors (Lipinski definition) is 6. The number of sulfone groups is 1. The second-order valence-electron chi connectivity index (χ2n) is 5.71. The minimum absolute atomic E-state index is 0.00375. The maximum atomic E-state index is 12.4. The number of methoxy groups -OCH3 is 1. The van der Waals surface area contributed by atoms with Crippen LogP contribution in [0, 0.1) is 0 Å². The molecule has 2 aromatic carbocycles. The first kappa shape index (κ1) is 19.8. The zero-order valence-electron chi connectivity index (χ0n) is 15.1. The molecule has 0 spiro atoms. The van der Waals surface area contributed by atoms with Gasteiger partial charge in [-0.15, -0.1) is 0 Å². The highest BCUT2D eigenvalue weighted by Gasteiger charge is 2.14. The average Bonchev–Trinajstić information content (AvgIpc) is 3.08. The Labute approximate surface area is 160 Å². The molecule has 0 fully saturated rings. The van der Waals surface area contributed by atoms with E-state index in [4.69, 9.17) is 9.15 Å². The summed E-state index contributed by atoms with van der Waals surface area (Å²) in [6.07, 6.45) is 3.24. The van der Waals surface area contributed by atoms with Gasteiger partial charge in [-0.25, -0.2) is 13.4 Å². The lowest BCUT2D eigenvalue weighted by Crippen LogP contribution is -2.03. The van der Waals surface area contributed by atoms with Crippen molar-refractivity contribution in [1.82, 2.24) is 4.98 Å². The standard InChI is InChI=1S/C19H17F2NO5S/c1-3-28(23,24)13-6-8-15-14(11-13)22-18(26-15)9-5-12-4-7-16(27-19(20)21)17(10-12)25-2/h4-11,19H,3H2,1-2H3/b9-5+. The van der Waals surface area contributed by atoms with Gasteiger partial charge in [-0.2, -0.15) is 8.78 Å². The van der Waals surface area contributed by atoms with Crippen molar-refractivity contribution in [3.63, 3.8) is 0 Å². The van der Waals surface area contributed by atoms with E-state index in [1.165, 1.54) is 31.4 Å². The summed E-state index contributed by atoms with van der Waals surface area (Å²) in [6.45, 7) is -1.38. The van der Waals surface area contributed by atoms with Crippen molar-refractivity contribution in [3.05, 3.63) is 47.9 Å². The molecule has 1 heterocycles. The molecular weight excluding hydrogens is 392 g/mol. The number of ether oxygens (including phenoxy) is 2. The van der Waals surface area contributed by atoms with Crippen LogP contribution in [-0.4, -0.2) is 32.9 Å². The van der Waals surface area contributed by atoms with Crippen LogP contribution in [0.3, 0.4) is 0 Å². The average molecular weight is 409 g/mol. The van der Waals surface area contributed by atoms with Crippen molar-refractivity contribution in [1.29, 1.82) is 0 Å². The maximum Gasteiger partial charge on any atom is 0.387 e. The molecular formula is C19H17F2NO5S. The predicted octanol–water partition coefficient (Wildman–Crippen LogP) is 4.40. The molecule has 0 bridgehead atoms. The van der Waals surface area contributed by atoms with Crippen molar-refractivity contribution >= 4 is 33.1 Å². The van der Waals surface area contributed by atoms with E-state index in [-0.39, 0.29) is 28.0 Å². The van der Waals surface area contributed by atoms with Crippen LogP contribution in [0.25, 0.3) is 23.3 Å². The van der Waals surface area contributed by atoms with Crippen molar-refractivity contribution in [3.8, 4) is 11.5 Å². The molecule has 0 saturated carbocycles. The Morgan fingerprint density at radius 3 is 2.61 bits per heavy atom. The molecule has 0 radical (unpaired) electrons. The summed E-state index contributed by atoms with van der Waals surface area (Å²) < 4.78 is 63.7. The summed E-state index contributed by atoms with van der Waals surface area (Å²) in [5.74, 6) is 0.361. The molecule has 0 aliphatic carbocycles. The van der Waals surface area contributed by atoms with E-state index in [1.807, 2.05) is 0 Å².